The van der Waals surface area contributed by atoms with Crippen LogP contribution in [0.5, 0.6) is 0 Å². The van der Waals surface area contributed by atoms with E-state index in [2.05, 4.69) is 5.32 Å². The Balaban J connectivity index is 1.93. The molecule has 0 bridgehead atoms. The Morgan fingerprint density at radius 3 is 3.00 bits per heavy atom. The van der Waals surface area contributed by atoms with Crippen LogP contribution in [-0.2, 0) is 0 Å². The fourth-order valence-electron chi connectivity index (χ4n) is 2.54. The Bertz CT molecular complexity index is 136. The number of nitrogens with two attached hydrogens (primary N) is 1. The van der Waals surface area contributed by atoms with Crippen molar-refractivity contribution in [3.63, 3.8) is 0 Å². The summed E-state index contributed by atoms with van der Waals surface area (Å²) in [6.07, 6.45) is 6.57. The van der Waals surface area contributed by atoms with Crippen molar-refractivity contribution >= 4 is 0 Å². The summed E-state index contributed by atoms with van der Waals surface area (Å²) in [5.74, 6) is 0.896. The molecule has 2 fully saturated rings. The van der Waals surface area contributed by atoms with Gasteiger partial charge in [-0.15, -0.1) is 0 Å². The molecule has 64 valence electrons. The van der Waals surface area contributed by atoms with Crippen LogP contribution in [0.1, 0.15) is 32.1 Å². The molecule has 1 heterocycles. The van der Waals surface area contributed by atoms with Crippen LogP contribution in [0.3, 0.4) is 0 Å². The lowest BCUT2D eigenvalue weighted by Crippen LogP contribution is -2.47. The summed E-state index contributed by atoms with van der Waals surface area (Å²) in [4.78, 5) is 0. The van der Waals surface area contributed by atoms with Crippen LogP contribution in [0.15, 0.2) is 0 Å². The zero-order chi connectivity index (χ0) is 7.68. The van der Waals surface area contributed by atoms with Crippen molar-refractivity contribution in [2.45, 2.75) is 44.2 Å². The molecule has 0 amide bonds. The van der Waals surface area contributed by atoms with Crippen LogP contribution in [0.25, 0.3) is 0 Å². The summed E-state index contributed by atoms with van der Waals surface area (Å²) in [5.41, 5.74) is 5.91. The first kappa shape index (κ1) is 7.56. The Labute approximate surface area is 68.5 Å². The van der Waals surface area contributed by atoms with Gasteiger partial charge in [0, 0.05) is 12.1 Å². The van der Waals surface area contributed by atoms with Gasteiger partial charge in [-0.2, -0.15) is 0 Å². The molecule has 2 heteroatoms. The molecule has 11 heavy (non-hydrogen) atoms. The molecule has 0 radical (unpaired) electrons. The van der Waals surface area contributed by atoms with E-state index >= 15 is 0 Å². The minimum absolute atomic E-state index is 0.496. The van der Waals surface area contributed by atoms with Gasteiger partial charge in [0.2, 0.25) is 0 Å². The van der Waals surface area contributed by atoms with Gasteiger partial charge in [-0.3, -0.25) is 0 Å². The molecule has 2 nitrogen and oxygen atoms in total. The lowest BCUT2D eigenvalue weighted by Gasteiger charge is -2.38. The molecule has 1 aliphatic carbocycles. The quantitative estimate of drug-likeness (QED) is 0.543. The van der Waals surface area contributed by atoms with Gasteiger partial charge in [0.05, 0.1) is 0 Å². The Kier molecular flexibility index (Phi) is 2.14. The average Bonchev–Trinajstić information content (AvgIpc) is 2.04. The lowest BCUT2D eigenvalue weighted by atomic mass is 9.77. The first-order chi connectivity index (χ1) is 5.36. The van der Waals surface area contributed by atoms with Gasteiger partial charge in [-0.25, -0.2) is 0 Å². The molecule has 2 rings (SSSR count). The maximum atomic E-state index is 5.91. The van der Waals surface area contributed by atoms with Crippen molar-refractivity contribution in [3.05, 3.63) is 0 Å². The molecular formula is C9H18N2. The summed E-state index contributed by atoms with van der Waals surface area (Å²) in [6.45, 7) is 1.23. The number of hydrogen-bond acceptors (Lipinski definition) is 2. The summed E-state index contributed by atoms with van der Waals surface area (Å²) in [6, 6.07) is 1.31. The maximum absolute atomic E-state index is 5.91. The average molecular weight is 154 g/mol. The third-order valence-electron chi connectivity index (χ3n) is 3.18. The highest BCUT2D eigenvalue weighted by Crippen LogP contribution is 2.29. The van der Waals surface area contributed by atoms with E-state index in [4.69, 9.17) is 5.73 Å². The Morgan fingerprint density at radius 2 is 2.09 bits per heavy atom. The largest absolute Gasteiger partial charge is 0.328 e. The molecule has 3 N–H and O–H groups in total. The predicted molar refractivity (Wildman–Crippen MR) is 46.3 cm³/mol. The fraction of sp³-hybridized carbons (Fsp3) is 1.00. The lowest BCUT2D eigenvalue weighted by molar-refractivity contribution is 0.195. The standard InChI is InChI=1S/C9H18N2/c10-8-3-4-9-7(6-8)2-1-5-11-9/h7-9,11H,1-6,10H2/t7-,8+,9+/m1/s1. The zero-order valence-electron chi connectivity index (χ0n) is 7.05. The minimum Gasteiger partial charge on any atom is -0.328 e. The molecule has 1 aliphatic heterocycles. The third-order valence-corrected chi connectivity index (χ3v) is 3.18. The Morgan fingerprint density at radius 1 is 1.18 bits per heavy atom. The maximum Gasteiger partial charge on any atom is 0.00964 e. The van der Waals surface area contributed by atoms with E-state index in [1.165, 1.54) is 38.6 Å². The number of hydrogen-bond donors (Lipinski definition) is 2. The smallest absolute Gasteiger partial charge is 0.00964 e. The van der Waals surface area contributed by atoms with E-state index in [-0.39, 0.29) is 0 Å². The number of fused-ring (bicyclic) bond motifs is 1. The fourth-order valence-corrected chi connectivity index (χ4v) is 2.54. The molecule has 1 saturated carbocycles. The van der Waals surface area contributed by atoms with Gasteiger partial charge in [-0.05, 0) is 44.6 Å². The van der Waals surface area contributed by atoms with Crippen molar-refractivity contribution in [1.82, 2.24) is 5.32 Å². The molecule has 0 spiro atoms. The highest BCUT2D eigenvalue weighted by atomic mass is 14.9. The van der Waals surface area contributed by atoms with Crippen molar-refractivity contribution < 1.29 is 0 Å². The van der Waals surface area contributed by atoms with Crippen LogP contribution >= 0.6 is 0 Å². The number of nitrogens with one attached hydrogen (secondary N) is 1. The molecule has 0 aromatic carbocycles. The van der Waals surface area contributed by atoms with E-state index in [9.17, 15) is 0 Å². The molecule has 0 unspecified atom stereocenters. The highest BCUT2D eigenvalue weighted by molar-refractivity contribution is 4.88. The summed E-state index contributed by atoms with van der Waals surface area (Å²) >= 11 is 0. The summed E-state index contributed by atoms with van der Waals surface area (Å²) in [7, 11) is 0. The molecule has 0 aromatic rings. The van der Waals surface area contributed by atoms with Gasteiger partial charge in [-0.1, -0.05) is 0 Å². The van der Waals surface area contributed by atoms with Gasteiger partial charge in [0.1, 0.15) is 0 Å². The van der Waals surface area contributed by atoms with Crippen LogP contribution in [0, 0.1) is 5.92 Å². The topological polar surface area (TPSA) is 38.0 Å². The SMILES string of the molecule is N[C@H]1CC[C@@H]2NCCC[C@@H]2C1. The second kappa shape index (κ2) is 3.11. The van der Waals surface area contributed by atoms with Gasteiger partial charge < -0.3 is 11.1 Å². The number of rotatable bonds is 0. The van der Waals surface area contributed by atoms with Crippen LogP contribution in [0.4, 0.5) is 0 Å². The van der Waals surface area contributed by atoms with E-state index in [0.717, 1.165) is 12.0 Å². The molecule has 3 atom stereocenters. The van der Waals surface area contributed by atoms with E-state index in [1.54, 1.807) is 0 Å². The highest BCUT2D eigenvalue weighted by Gasteiger charge is 2.30. The third kappa shape index (κ3) is 1.57. The van der Waals surface area contributed by atoms with Crippen LogP contribution < -0.4 is 11.1 Å². The summed E-state index contributed by atoms with van der Waals surface area (Å²) < 4.78 is 0. The Hall–Kier alpha value is -0.0800. The van der Waals surface area contributed by atoms with E-state index in [0.29, 0.717) is 6.04 Å². The van der Waals surface area contributed by atoms with Crippen LogP contribution in [0.2, 0.25) is 0 Å². The van der Waals surface area contributed by atoms with Crippen LogP contribution in [-0.4, -0.2) is 18.6 Å². The first-order valence-corrected chi connectivity index (χ1v) is 4.85. The molecule has 2 aliphatic rings. The monoisotopic (exact) mass is 154 g/mol. The van der Waals surface area contributed by atoms with Gasteiger partial charge in [0.15, 0.2) is 0 Å². The van der Waals surface area contributed by atoms with E-state index in [1.807, 2.05) is 0 Å². The van der Waals surface area contributed by atoms with Crippen molar-refractivity contribution in [2.75, 3.05) is 6.54 Å². The molecule has 0 aromatic heterocycles. The van der Waals surface area contributed by atoms with Gasteiger partial charge in [0.25, 0.3) is 0 Å². The van der Waals surface area contributed by atoms with Gasteiger partial charge >= 0.3 is 0 Å². The second-order valence-electron chi connectivity index (χ2n) is 4.04. The van der Waals surface area contributed by atoms with E-state index < -0.39 is 0 Å². The number of piperidine rings is 1. The normalized spacial score (nSPS) is 45.0. The minimum atomic E-state index is 0.496. The van der Waals surface area contributed by atoms with Crippen molar-refractivity contribution in [3.8, 4) is 0 Å². The molecular weight excluding hydrogens is 136 g/mol. The van der Waals surface area contributed by atoms with Crippen molar-refractivity contribution in [2.24, 2.45) is 11.7 Å². The summed E-state index contributed by atoms with van der Waals surface area (Å²) in [5, 5.41) is 3.59. The second-order valence-corrected chi connectivity index (χ2v) is 4.04. The predicted octanol–water partition coefficient (Wildman–Crippen LogP) is 0.866. The van der Waals surface area contributed by atoms with Crippen molar-refractivity contribution in [1.29, 1.82) is 0 Å². The first-order valence-electron chi connectivity index (χ1n) is 4.85. The zero-order valence-corrected chi connectivity index (χ0v) is 7.05. The molecule has 1 saturated heterocycles.